The average molecular weight is 288 g/mol. The predicted molar refractivity (Wildman–Crippen MR) is 77.5 cm³/mol. The number of para-hydroxylation sites is 1. The van der Waals surface area contributed by atoms with Crippen LogP contribution >= 0.6 is 0 Å². The van der Waals surface area contributed by atoms with Crippen molar-refractivity contribution < 1.29 is 14.3 Å². The normalized spacial score (nSPS) is 10.2. The molecular formula is C14H16N4O3. The first-order chi connectivity index (χ1) is 10.0. The third-order valence-corrected chi connectivity index (χ3v) is 2.83. The van der Waals surface area contributed by atoms with Crippen LogP contribution in [0.25, 0.3) is 5.69 Å². The molecule has 1 aromatic heterocycles. The molecule has 110 valence electrons. The number of esters is 1. The molecule has 1 aromatic carbocycles. The van der Waals surface area contributed by atoms with Gasteiger partial charge in [0.1, 0.15) is 5.82 Å². The lowest BCUT2D eigenvalue weighted by Crippen LogP contribution is -2.21. The Morgan fingerprint density at radius 3 is 2.57 bits per heavy atom. The zero-order valence-corrected chi connectivity index (χ0v) is 11.8. The van der Waals surface area contributed by atoms with E-state index in [4.69, 9.17) is 10.5 Å². The zero-order valence-electron chi connectivity index (χ0n) is 11.8. The molecule has 0 saturated heterocycles. The monoisotopic (exact) mass is 288 g/mol. The van der Waals surface area contributed by atoms with E-state index in [1.54, 1.807) is 26.0 Å². The lowest BCUT2D eigenvalue weighted by atomic mass is 10.2. The first kappa shape index (κ1) is 14.6. The molecule has 0 atom stereocenters. The van der Waals surface area contributed by atoms with E-state index in [0.717, 1.165) is 0 Å². The van der Waals surface area contributed by atoms with Gasteiger partial charge in [-0.1, -0.05) is 18.2 Å². The number of nitrogens with zero attached hydrogens (tertiary/aromatic N) is 2. The van der Waals surface area contributed by atoms with E-state index in [9.17, 15) is 9.59 Å². The highest BCUT2D eigenvalue weighted by molar-refractivity contribution is 5.94. The number of ether oxygens (including phenoxy) is 1. The maximum Gasteiger partial charge on any atom is 0.359 e. The fourth-order valence-corrected chi connectivity index (χ4v) is 1.91. The largest absolute Gasteiger partial charge is 0.461 e. The number of nitrogens with two attached hydrogens (primary N) is 1. The van der Waals surface area contributed by atoms with E-state index >= 15 is 0 Å². The first-order valence-electron chi connectivity index (χ1n) is 6.43. The van der Waals surface area contributed by atoms with Gasteiger partial charge >= 0.3 is 12.0 Å². The van der Waals surface area contributed by atoms with Crippen LogP contribution in [0.4, 0.5) is 10.6 Å². The van der Waals surface area contributed by atoms with Crippen LogP contribution in [-0.2, 0) is 4.74 Å². The van der Waals surface area contributed by atoms with Crippen LogP contribution in [0.15, 0.2) is 30.3 Å². The van der Waals surface area contributed by atoms with E-state index < -0.39 is 12.0 Å². The van der Waals surface area contributed by atoms with Gasteiger partial charge in [-0.3, -0.25) is 5.32 Å². The molecule has 7 heteroatoms. The molecule has 0 aliphatic carbocycles. The van der Waals surface area contributed by atoms with Crippen molar-refractivity contribution in [3.8, 4) is 5.69 Å². The van der Waals surface area contributed by atoms with Crippen LogP contribution in [0.5, 0.6) is 0 Å². The third kappa shape index (κ3) is 3.02. The minimum absolute atomic E-state index is 0.143. The molecule has 21 heavy (non-hydrogen) atoms. The molecule has 1 heterocycles. The average Bonchev–Trinajstić information content (AvgIpc) is 2.77. The van der Waals surface area contributed by atoms with Gasteiger partial charge in [-0.15, -0.1) is 0 Å². The number of carbonyl (C=O) groups excluding carboxylic acids is 2. The molecule has 2 amide bonds. The van der Waals surface area contributed by atoms with E-state index in [-0.39, 0.29) is 12.3 Å². The van der Waals surface area contributed by atoms with E-state index in [1.165, 1.54) is 4.68 Å². The number of urea groups is 1. The molecule has 3 N–H and O–H groups in total. The van der Waals surface area contributed by atoms with Crippen LogP contribution in [0.3, 0.4) is 0 Å². The molecule has 0 radical (unpaired) electrons. The van der Waals surface area contributed by atoms with E-state index in [0.29, 0.717) is 17.1 Å². The van der Waals surface area contributed by atoms with Crippen molar-refractivity contribution in [2.45, 2.75) is 13.8 Å². The highest BCUT2D eigenvalue weighted by Gasteiger charge is 2.22. The van der Waals surface area contributed by atoms with Crippen molar-refractivity contribution >= 4 is 17.8 Å². The van der Waals surface area contributed by atoms with Crippen LogP contribution < -0.4 is 11.1 Å². The van der Waals surface area contributed by atoms with Gasteiger partial charge in [-0.05, 0) is 26.0 Å². The molecule has 0 bridgehead atoms. The third-order valence-electron chi connectivity index (χ3n) is 2.83. The molecule has 0 spiro atoms. The van der Waals surface area contributed by atoms with Crippen LogP contribution in [-0.4, -0.2) is 28.4 Å². The Hall–Kier alpha value is -2.83. The fraction of sp³-hybridized carbons (Fsp3) is 0.214. The first-order valence-corrected chi connectivity index (χ1v) is 6.43. The second kappa shape index (κ2) is 6.08. The maximum atomic E-state index is 11.9. The summed E-state index contributed by atoms with van der Waals surface area (Å²) < 4.78 is 6.41. The Kier molecular flexibility index (Phi) is 4.22. The maximum absolute atomic E-state index is 11.9. The molecule has 2 aromatic rings. The Balaban J connectivity index is 2.55. The molecule has 0 aliphatic heterocycles. The summed E-state index contributed by atoms with van der Waals surface area (Å²) in [5, 5.41) is 6.71. The van der Waals surface area contributed by atoms with Crippen molar-refractivity contribution in [2.75, 3.05) is 11.9 Å². The van der Waals surface area contributed by atoms with Gasteiger partial charge in [0.25, 0.3) is 0 Å². The Bertz CT molecular complexity index is 664. The number of rotatable bonds is 4. The molecule has 0 unspecified atom stereocenters. The summed E-state index contributed by atoms with van der Waals surface area (Å²) in [7, 11) is 0. The summed E-state index contributed by atoms with van der Waals surface area (Å²) >= 11 is 0. The fourth-order valence-electron chi connectivity index (χ4n) is 1.91. The van der Waals surface area contributed by atoms with Gasteiger partial charge in [0.15, 0.2) is 5.69 Å². The van der Waals surface area contributed by atoms with Crippen molar-refractivity contribution in [1.82, 2.24) is 9.78 Å². The second-order valence-corrected chi connectivity index (χ2v) is 4.28. The van der Waals surface area contributed by atoms with Gasteiger partial charge in [0.2, 0.25) is 0 Å². The summed E-state index contributed by atoms with van der Waals surface area (Å²) in [6.07, 6.45) is 0. The van der Waals surface area contributed by atoms with Gasteiger partial charge in [0, 0.05) is 5.56 Å². The van der Waals surface area contributed by atoms with E-state index in [1.807, 2.05) is 18.2 Å². The molecule has 2 rings (SSSR count). The number of amides is 2. The van der Waals surface area contributed by atoms with Gasteiger partial charge in [-0.25, -0.2) is 14.3 Å². The molecule has 0 fully saturated rings. The van der Waals surface area contributed by atoms with Crippen LogP contribution in [0, 0.1) is 6.92 Å². The Morgan fingerprint density at radius 2 is 2.00 bits per heavy atom. The van der Waals surface area contributed by atoms with Crippen molar-refractivity contribution in [1.29, 1.82) is 0 Å². The van der Waals surface area contributed by atoms with E-state index in [2.05, 4.69) is 10.4 Å². The molecule has 0 saturated carbocycles. The summed E-state index contributed by atoms with van der Waals surface area (Å²) in [5.74, 6) is -0.200. The zero-order chi connectivity index (χ0) is 15.4. The standard InChI is InChI=1S/C14H16N4O3/c1-3-21-13(19)11-9(2)12(16-14(15)20)18(17-11)10-7-5-4-6-8-10/h4-8H,3H2,1-2H3,(H3,15,16,20). The number of aromatic nitrogens is 2. The second-order valence-electron chi connectivity index (χ2n) is 4.28. The quantitative estimate of drug-likeness (QED) is 0.838. The number of benzene rings is 1. The Morgan fingerprint density at radius 1 is 1.33 bits per heavy atom. The SMILES string of the molecule is CCOC(=O)c1nn(-c2ccccc2)c(NC(N)=O)c1C. The number of hydrogen-bond acceptors (Lipinski definition) is 4. The van der Waals surface area contributed by atoms with Crippen LogP contribution in [0.2, 0.25) is 0 Å². The van der Waals surface area contributed by atoms with Crippen molar-refractivity contribution in [3.63, 3.8) is 0 Å². The number of primary amides is 1. The van der Waals surface area contributed by atoms with Gasteiger partial charge in [-0.2, -0.15) is 5.10 Å². The number of carbonyl (C=O) groups is 2. The predicted octanol–water partition coefficient (Wildman–Crippen LogP) is 1.85. The van der Waals surface area contributed by atoms with Crippen LogP contribution in [0.1, 0.15) is 23.0 Å². The Labute approximate surface area is 121 Å². The number of hydrogen-bond donors (Lipinski definition) is 2. The summed E-state index contributed by atoms with van der Waals surface area (Å²) in [6, 6.07) is 8.37. The summed E-state index contributed by atoms with van der Waals surface area (Å²) in [5.41, 5.74) is 6.51. The molecule has 0 aliphatic rings. The minimum atomic E-state index is -0.731. The lowest BCUT2D eigenvalue weighted by molar-refractivity contribution is 0.0518. The van der Waals surface area contributed by atoms with Gasteiger partial charge in [0.05, 0.1) is 12.3 Å². The van der Waals surface area contributed by atoms with Gasteiger partial charge < -0.3 is 10.5 Å². The smallest absolute Gasteiger partial charge is 0.359 e. The lowest BCUT2D eigenvalue weighted by Gasteiger charge is -2.07. The number of nitrogens with one attached hydrogen (secondary N) is 1. The number of anilines is 1. The molecule has 7 nitrogen and oxygen atoms in total. The highest BCUT2D eigenvalue weighted by atomic mass is 16.5. The minimum Gasteiger partial charge on any atom is -0.461 e. The van der Waals surface area contributed by atoms with Crippen molar-refractivity contribution in [2.24, 2.45) is 5.73 Å². The molecular weight excluding hydrogens is 272 g/mol. The summed E-state index contributed by atoms with van der Waals surface area (Å²) in [6.45, 7) is 3.63. The highest BCUT2D eigenvalue weighted by Crippen LogP contribution is 2.23. The van der Waals surface area contributed by atoms with Crippen molar-refractivity contribution in [3.05, 3.63) is 41.6 Å². The topological polar surface area (TPSA) is 99.2 Å². The summed E-state index contributed by atoms with van der Waals surface area (Å²) in [4.78, 5) is 23.1.